The average molecular weight is 1630 g/mol. The Labute approximate surface area is 715 Å². The van der Waals surface area contributed by atoms with Crippen LogP contribution in [-0.2, 0) is 0 Å². The molecule has 0 spiro atoms. The van der Waals surface area contributed by atoms with E-state index in [2.05, 4.69) is 388 Å². The lowest BCUT2D eigenvalue weighted by Crippen LogP contribution is -2.00. The third-order valence-corrected chi connectivity index (χ3v) is 30.2. The van der Waals surface area contributed by atoms with Gasteiger partial charge in [0.1, 0.15) is 0 Å². The molecule has 9 heteroatoms. The molecule has 0 fully saturated rings. The van der Waals surface area contributed by atoms with Gasteiger partial charge in [0.15, 0.2) is 11.6 Å². The van der Waals surface area contributed by atoms with Crippen molar-refractivity contribution in [2.45, 2.75) is 0 Å². The van der Waals surface area contributed by atoms with Crippen molar-refractivity contribution in [3.05, 3.63) is 388 Å². The lowest BCUT2D eigenvalue weighted by Gasteiger charge is -2.20. The molecule has 18 aromatic carbocycles. The molecule has 0 aliphatic carbocycles. The second-order valence-corrected chi connectivity index (χ2v) is 36.8. The molecule has 0 radical (unpaired) electrons. The standard InChI is InChI=1S/C112H64N4S5/c1-3-22-67(23-4-1)111-113-96(81-34-17-26-65-20-7-9-28-77(65)81)63-98(115-111)90-54-69(40-47-79(90)72-44-51-104-92(57-72)84-31-12-15-38-101(84)118-104)70-42-50-107-95(55-70)87-36-19-33-80(110(87)121-107)75-41-48-86-94-59-74(46-53-106(94)120-108(86)62-75)89-61-76(71-43-49-103-91(56-71)83-30-11-14-37-100(83)117-103)60-88(73-45-52-105-93(58-73)85-32-13-16-39-102(85)119-105)109(89)99-64-97(114-112(116-99)68-24-5-2-6-25-68)82-35-18-27-66-21-8-10-29-78(66)82/h1-64H. The van der Waals surface area contributed by atoms with Gasteiger partial charge < -0.3 is 0 Å². The first kappa shape index (κ1) is 69.8. The molecule has 7 aromatic heterocycles. The van der Waals surface area contributed by atoms with Crippen LogP contribution in [0, 0.1) is 0 Å². The van der Waals surface area contributed by atoms with Crippen molar-refractivity contribution in [2.24, 2.45) is 0 Å². The molecular weight excluding hydrogens is 1560 g/mol. The Bertz CT molecular complexity index is 8610. The highest BCUT2D eigenvalue weighted by atomic mass is 32.1. The predicted molar refractivity (Wildman–Crippen MR) is 522 cm³/mol. The van der Waals surface area contributed by atoms with Gasteiger partial charge in [0.2, 0.25) is 0 Å². The quantitative estimate of drug-likeness (QED) is 0.122. The summed E-state index contributed by atoms with van der Waals surface area (Å²) in [6.07, 6.45) is 0. The molecule has 0 unspecified atom stereocenters. The summed E-state index contributed by atoms with van der Waals surface area (Å²) in [4.78, 5) is 22.2. The van der Waals surface area contributed by atoms with Crippen LogP contribution >= 0.6 is 56.7 Å². The molecule has 4 nitrogen and oxygen atoms in total. The van der Waals surface area contributed by atoms with E-state index in [0.717, 1.165) is 128 Å². The first-order valence-corrected chi connectivity index (χ1v) is 44.8. The lowest BCUT2D eigenvalue weighted by molar-refractivity contribution is 1.18. The van der Waals surface area contributed by atoms with Crippen molar-refractivity contribution in [1.29, 1.82) is 0 Å². The zero-order chi connectivity index (χ0) is 79.3. The third-order valence-electron chi connectivity index (χ3n) is 24.3. The second kappa shape index (κ2) is 28.2. The molecule has 0 N–H and O–H groups in total. The van der Waals surface area contributed by atoms with Crippen LogP contribution in [0.1, 0.15) is 0 Å². The van der Waals surface area contributed by atoms with Crippen LogP contribution in [0.15, 0.2) is 388 Å². The predicted octanol–water partition coefficient (Wildman–Crippen LogP) is 33.4. The van der Waals surface area contributed by atoms with Crippen LogP contribution in [0.4, 0.5) is 0 Å². The number of rotatable bonds is 12. The molecule has 25 aromatic rings. The summed E-state index contributed by atoms with van der Waals surface area (Å²) in [5, 5.41) is 17.1. The second-order valence-electron chi connectivity index (χ2n) is 31.4. The van der Waals surface area contributed by atoms with E-state index in [4.69, 9.17) is 19.9 Å². The van der Waals surface area contributed by atoms with Crippen LogP contribution in [0.3, 0.4) is 0 Å². The summed E-state index contributed by atoms with van der Waals surface area (Å²) in [6.45, 7) is 0. The Morgan fingerprint density at radius 3 is 1.02 bits per heavy atom. The van der Waals surface area contributed by atoms with Crippen molar-refractivity contribution < 1.29 is 0 Å². The Morgan fingerprint density at radius 2 is 0.479 bits per heavy atom. The Balaban J connectivity index is 0.644. The lowest BCUT2D eigenvalue weighted by atomic mass is 9.85. The Kier molecular flexibility index (Phi) is 16.3. The molecule has 0 bridgehead atoms. The summed E-state index contributed by atoms with van der Waals surface area (Å²) < 4.78 is 12.6. The van der Waals surface area contributed by atoms with E-state index < -0.39 is 0 Å². The Morgan fingerprint density at radius 1 is 0.149 bits per heavy atom. The number of nitrogens with zero attached hydrogens (tertiary/aromatic N) is 4. The van der Waals surface area contributed by atoms with Gasteiger partial charge in [-0.3, -0.25) is 0 Å². The zero-order valence-electron chi connectivity index (χ0n) is 64.8. The van der Waals surface area contributed by atoms with E-state index in [0.29, 0.717) is 11.6 Å². The van der Waals surface area contributed by atoms with Crippen LogP contribution < -0.4 is 0 Å². The van der Waals surface area contributed by atoms with Crippen LogP contribution in [0.5, 0.6) is 0 Å². The molecule has 0 saturated heterocycles. The van der Waals surface area contributed by atoms with E-state index in [9.17, 15) is 0 Å². The maximum absolute atomic E-state index is 5.78. The Hall–Kier alpha value is -14.3. The van der Waals surface area contributed by atoms with Crippen molar-refractivity contribution in [1.82, 2.24) is 19.9 Å². The third kappa shape index (κ3) is 11.9. The molecule has 562 valence electrons. The number of hydrogen-bond acceptors (Lipinski definition) is 9. The maximum atomic E-state index is 5.78. The fourth-order valence-electron chi connectivity index (χ4n) is 18.5. The molecule has 25 rings (SSSR count). The minimum Gasteiger partial charge on any atom is -0.228 e. The summed E-state index contributed by atoms with van der Waals surface area (Å²) >= 11 is 9.30. The van der Waals surface area contributed by atoms with Gasteiger partial charge in [0.05, 0.1) is 22.8 Å². The summed E-state index contributed by atoms with van der Waals surface area (Å²) in [5.74, 6) is 1.35. The highest BCUT2D eigenvalue weighted by Crippen LogP contribution is 2.52. The van der Waals surface area contributed by atoms with Gasteiger partial charge in [-0.15, -0.1) is 56.7 Å². The van der Waals surface area contributed by atoms with Crippen LogP contribution in [0.25, 0.3) is 257 Å². The minimum atomic E-state index is 0.667. The number of benzene rings is 18. The summed E-state index contributed by atoms with van der Waals surface area (Å²) in [7, 11) is 0. The van der Waals surface area contributed by atoms with Gasteiger partial charge in [-0.05, 0) is 204 Å². The van der Waals surface area contributed by atoms with Crippen molar-refractivity contribution in [2.75, 3.05) is 0 Å². The number of fused-ring (bicyclic) bond motifs is 17. The van der Waals surface area contributed by atoms with Crippen molar-refractivity contribution in [3.8, 4) is 135 Å². The minimum absolute atomic E-state index is 0.667. The van der Waals surface area contributed by atoms with E-state index in [1.54, 1.807) is 0 Å². The topological polar surface area (TPSA) is 51.6 Å². The average Bonchev–Trinajstić information content (AvgIpc) is 1.72. The molecule has 0 amide bonds. The molecular formula is C112H64N4S5. The van der Waals surface area contributed by atoms with Crippen molar-refractivity contribution >= 4 is 179 Å². The molecule has 121 heavy (non-hydrogen) atoms. The fourth-order valence-corrected chi connectivity index (χ4v) is 24.1. The highest BCUT2D eigenvalue weighted by Gasteiger charge is 2.26. The van der Waals surface area contributed by atoms with Crippen molar-refractivity contribution in [3.63, 3.8) is 0 Å². The van der Waals surface area contributed by atoms with Gasteiger partial charge in [-0.1, -0.05) is 273 Å². The number of thiophene rings is 5. The first-order chi connectivity index (χ1) is 59.9. The normalized spacial score (nSPS) is 12.0. The van der Waals surface area contributed by atoms with E-state index in [-0.39, 0.29) is 0 Å². The van der Waals surface area contributed by atoms with Gasteiger partial charge in [0, 0.05) is 134 Å². The van der Waals surface area contributed by atoms with E-state index >= 15 is 0 Å². The van der Waals surface area contributed by atoms with Gasteiger partial charge in [-0.2, -0.15) is 0 Å². The van der Waals surface area contributed by atoms with Gasteiger partial charge in [-0.25, -0.2) is 19.9 Å². The fraction of sp³-hybridized carbons (Fsp3) is 0. The number of hydrogen-bond donors (Lipinski definition) is 0. The molecule has 0 saturated carbocycles. The van der Waals surface area contributed by atoms with E-state index in [1.807, 2.05) is 56.7 Å². The SMILES string of the molecule is c1ccc(-c2nc(-c3cc(-c4ccc5sc6c(-c7ccc8c(c7)sc7ccc(-c9cc(-c%10ccc%11sc%12ccccc%12c%11c%10)cc(-c%10ccc%11sc%12ccccc%12c%11c%10)c9-c9cc(-c%10cccc%11ccccc%10%11)nc(-c%10ccccc%10)n9)cc78)cccc6c5c4)ccc3-c3ccc4sc5ccccc5c4c3)cc(-c3cccc4ccccc34)n2)cc1. The zero-order valence-corrected chi connectivity index (χ0v) is 68.9. The summed E-state index contributed by atoms with van der Waals surface area (Å²) in [6, 6.07) is 143. The van der Waals surface area contributed by atoms with E-state index in [1.165, 1.54) is 117 Å². The summed E-state index contributed by atoms with van der Waals surface area (Å²) in [5.41, 5.74) is 23.2. The molecule has 7 heterocycles. The molecule has 0 atom stereocenters. The first-order valence-electron chi connectivity index (χ1n) is 40.7. The molecule has 0 aliphatic heterocycles. The van der Waals surface area contributed by atoms with Gasteiger partial charge >= 0.3 is 0 Å². The van der Waals surface area contributed by atoms with Crippen LogP contribution in [0.2, 0.25) is 0 Å². The monoisotopic (exact) mass is 1620 g/mol. The smallest absolute Gasteiger partial charge is 0.160 e. The molecule has 0 aliphatic rings. The maximum Gasteiger partial charge on any atom is 0.160 e. The highest BCUT2D eigenvalue weighted by molar-refractivity contribution is 7.27. The van der Waals surface area contributed by atoms with Crippen LogP contribution in [-0.4, -0.2) is 19.9 Å². The van der Waals surface area contributed by atoms with Gasteiger partial charge in [0.25, 0.3) is 0 Å². The number of aromatic nitrogens is 4. The largest absolute Gasteiger partial charge is 0.228 e.